The Labute approximate surface area is 119 Å². The Kier molecular flexibility index (Phi) is 4.47. The lowest BCUT2D eigenvalue weighted by Crippen LogP contribution is -2.29. The zero-order valence-corrected chi connectivity index (χ0v) is 12.1. The van der Waals surface area contributed by atoms with Crippen LogP contribution in [0, 0.1) is 13.8 Å². The number of carboxylic acid groups (broad SMARTS) is 1. The standard InChI is InChI=1S/C15H22N2O3/c1-10-8-13(15(20)16-9-14(18)19)11(2)17(10)12-6-4-3-5-7-12/h8,12H,3-7,9H2,1-2H3,(H,16,20)(H,18,19). The Balaban J connectivity index is 2.19. The summed E-state index contributed by atoms with van der Waals surface area (Å²) in [5, 5.41) is 11.1. The van der Waals surface area contributed by atoms with E-state index in [1.54, 1.807) is 0 Å². The molecule has 0 bridgehead atoms. The fourth-order valence-electron chi connectivity index (χ4n) is 3.16. The number of carbonyl (C=O) groups is 2. The zero-order valence-electron chi connectivity index (χ0n) is 12.1. The van der Waals surface area contributed by atoms with E-state index in [1.807, 2.05) is 19.9 Å². The maximum atomic E-state index is 12.0. The van der Waals surface area contributed by atoms with Gasteiger partial charge < -0.3 is 15.0 Å². The van der Waals surface area contributed by atoms with E-state index in [4.69, 9.17) is 5.11 Å². The van der Waals surface area contributed by atoms with E-state index in [9.17, 15) is 9.59 Å². The van der Waals surface area contributed by atoms with Crippen LogP contribution in [0.2, 0.25) is 0 Å². The smallest absolute Gasteiger partial charge is 0.322 e. The fourth-order valence-corrected chi connectivity index (χ4v) is 3.16. The summed E-state index contributed by atoms with van der Waals surface area (Å²) >= 11 is 0. The normalized spacial score (nSPS) is 16.1. The molecule has 0 aliphatic heterocycles. The number of nitrogens with zero attached hydrogens (tertiary/aromatic N) is 1. The Morgan fingerprint density at radius 3 is 2.55 bits per heavy atom. The molecule has 1 heterocycles. The lowest BCUT2D eigenvalue weighted by atomic mass is 9.95. The van der Waals surface area contributed by atoms with Gasteiger partial charge in [0.1, 0.15) is 6.54 Å². The minimum absolute atomic E-state index is 0.303. The summed E-state index contributed by atoms with van der Waals surface area (Å²) in [7, 11) is 0. The molecule has 0 unspecified atom stereocenters. The fraction of sp³-hybridized carbons (Fsp3) is 0.600. The molecule has 0 aromatic carbocycles. The van der Waals surface area contributed by atoms with Gasteiger partial charge in [0.05, 0.1) is 5.56 Å². The predicted octanol–water partition coefficient (Wildman–Crippen LogP) is 2.42. The van der Waals surface area contributed by atoms with Crippen LogP contribution < -0.4 is 5.32 Å². The lowest BCUT2D eigenvalue weighted by molar-refractivity contribution is -0.135. The van der Waals surface area contributed by atoms with Crippen molar-refractivity contribution in [2.24, 2.45) is 0 Å². The molecule has 1 fully saturated rings. The van der Waals surface area contributed by atoms with E-state index in [1.165, 1.54) is 19.3 Å². The van der Waals surface area contributed by atoms with Gasteiger partial charge in [-0.3, -0.25) is 9.59 Å². The Bertz CT molecular complexity index is 513. The quantitative estimate of drug-likeness (QED) is 0.888. The molecular formula is C15H22N2O3. The molecular weight excluding hydrogens is 256 g/mol. The van der Waals surface area contributed by atoms with Gasteiger partial charge in [-0.15, -0.1) is 0 Å². The topological polar surface area (TPSA) is 71.3 Å². The van der Waals surface area contributed by atoms with Gasteiger partial charge in [-0.25, -0.2) is 0 Å². The van der Waals surface area contributed by atoms with E-state index in [0.717, 1.165) is 24.2 Å². The summed E-state index contributed by atoms with van der Waals surface area (Å²) in [6.45, 7) is 3.61. The molecule has 2 N–H and O–H groups in total. The average molecular weight is 278 g/mol. The molecule has 1 saturated carbocycles. The first kappa shape index (κ1) is 14.6. The van der Waals surface area contributed by atoms with Gasteiger partial charge in [0.15, 0.2) is 0 Å². The molecule has 0 atom stereocenters. The highest BCUT2D eigenvalue weighted by molar-refractivity contribution is 5.97. The first-order valence-electron chi connectivity index (χ1n) is 7.19. The summed E-state index contributed by atoms with van der Waals surface area (Å²) in [5.41, 5.74) is 2.61. The summed E-state index contributed by atoms with van der Waals surface area (Å²) in [5.74, 6) is -1.33. The van der Waals surface area contributed by atoms with Crippen LogP contribution in [-0.2, 0) is 4.79 Å². The SMILES string of the molecule is Cc1cc(C(=O)NCC(=O)O)c(C)n1C1CCCCC1. The van der Waals surface area contributed by atoms with Crippen molar-refractivity contribution in [2.75, 3.05) is 6.54 Å². The molecule has 1 aliphatic carbocycles. The molecule has 1 amide bonds. The van der Waals surface area contributed by atoms with Gasteiger partial charge in [-0.05, 0) is 32.8 Å². The van der Waals surface area contributed by atoms with Crippen LogP contribution in [0.15, 0.2) is 6.07 Å². The highest BCUT2D eigenvalue weighted by Crippen LogP contribution is 2.32. The summed E-state index contributed by atoms with van der Waals surface area (Å²) in [4.78, 5) is 22.6. The number of rotatable bonds is 4. The summed E-state index contributed by atoms with van der Waals surface area (Å²) in [6.07, 6.45) is 6.09. The van der Waals surface area contributed by atoms with E-state index >= 15 is 0 Å². The number of carboxylic acids is 1. The first-order chi connectivity index (χ1) is 9.50. The molecule has 5 heteroatoms. The summed E-state index contributed by atoms with van der Waals surface area (Å²) < 4.78 is 2.24. The van der Waals surface area contributed by atoms with Crippen LogP contribution >= 0.6 is 0 Å². The molecule has 1 aromatic heterocycles. The third kappa shape index (κ3) is 3.03. The van der Waals surface area contributed by atoms with Crippen LogP contribution in [0.25, 0.3) is 0 Å². The highest BCUT2D eigenvalue weighted by atomic mass is 16.4. The number of aromatic nitrogens is 1. The Hall–Kier alpha value is -1.78. The third-order valence-corrected chi connectivity index (χ3v) is 4.07. The van der Waals surface area contributed by atoms with Crippen molar-refractivity contribution in [3.05, 3.63) is 23.0 Å². The molecule has 2 rings (SSSR count). The second-order valence-electron chi connectivity index (χ2n) is 5.52. The van der Waals surface area contributed by atoms with Gasteiger partial charge in [0.2, 0.25) is 0 Å². The number of aryl methyl sites for hydroxylation is 1. The monoisotopic (exact) mass is 278 g/mol. The highest BCUT2D eigenvalue weighted by Gasteiger charge is 2.22. The minimum Gasteiger partial charge on any atom is -0.480 e. The number of nitrogens with one attached hydrogen (secondary N) is 1. The predicted molar refractivity (Wildman–Crippen MR) is 76.0 cm³/mol. The first-order valence-corrected chi connectivity index (χ1v) is 7.19. The minimum atomic E-state index is -1.03. The van der Waals surface area contributed by atoms with Crippen molar-refractivity contribution in [3.8, 4) is 0 Å². The molecule has 0 radical (unpaired) electrons. The molecule has 1 aromatic rings. The van der Waals surface area contributed by atoms with Gasteiger partial charge in [-0.1, -0.05) is 19.3 Å². The molecule has 1 aliphatic rings. The van der Waals surface area contributed by atoms with Crippen molar-refractivity contribution in [1.29, 1.82) is 0 Å². The van der Waals surface area contributed by atoms with Crippen molar-refractivity contribution < 1.29 is 14.7 Å². The van der Waals surface area contributed by atoms with Crippen molar-refractivity contribution >= 4 is 11.9 Å². The van der Waals surface area contributed by atoms with Crippen LogP contribution in [0.1, 0.15) is 59.9 Å². The van der Waals surface area contributed by atoms with Crippen molar-refractivity contribution in [1.82, 2.24) is 9.88 Å². The number of hydrogen-bond donors (Lipinski definition) is 2. The maximum absolute atomic E-state index is 12.0. The number of amides is 1. The molecule has 0 saturated heterocycles. The molecule has 5 nitrogen and oxygen atoms in total. The second-order valence-corrected chi connectivity index (χ2v) is 5.52. The van der Waals surface area contributed by atoms with Gasteiger partial charge in [-0.2, -0.15) is 0 Å². The Morgan fingerprint density at radius 2 is 1.95 bits per heavy atom. The van der Waals surface area contributed by atoms with Crippen LogP contribution in [-0.4, -0.2) is 28.1 Å². The summed E-state index contributed by atoms with van der Waals surface area (Å²) in [6, 6.07) is 2.34. The van der Waals surface area contributed by atoms with Crippen molar-refractivity contribution in [3.63, 3.8) is 0 Å². The van der Waals surface area contributed by atoms with Crippen molar-refractivity contribution in [2.45, 2.75) is 52.0 Å². The average Bonchev–Trinajstić information content (AvgIpc) is 2.72. The lowest BCUT2D eigenvalue weighted by Gasteiger charge is -2.26. The van der Waals surface area contributed by atoms with E-state index in [-0.39, 0.29) is 12.5 Å². The van der Waals surface area contributed by atoms with E-state index in [0.29, 0.717) is 11.6 Å². The van der Waals surface area contributed by atoms with Gasteiger partial charge >= 0.3 is 5.97 Å². The molecule has 0 spiro atoms. The van der Waals surface area contributed by atoms with Gasteiger partial charge in [0, 0.05) is 17.4 Å². The molecule has 20 heavy (non-hydrogen) atoms. The van der Waals surface area contributed by atoms with Crippen LogP contribution in [0.5, 0.6) is 0 Å². The maximum Gasteiger partial charge on any atom is 0.322 e. The number of carbonyl (C=O) groups excluding carboxylic acids is 1. The second kappa shape index (κ2) is 6.11. The number of hydrogen-bond acceptors (Lipinski definition) is 2. The number of aliphatic carboxylic acids is 1. The largest absolute Gasteiger partial charge is 0.480 e. The Morgan fingerprint density at radius 1 is 1.30 bits per heavy atom. The van der Waals surface area contributed by atoms with Crippen LogP contribution in [0.4, 0.5) is 0 Å². The van der Waals surface area contributed by atoms with Gasteiger partial charge in [0.25, 0.3) is 5.91 Å². The van der Waals surface area contributed by atoms with Crippen LogP contribution in [0.3, 0.4) is 0 Å². The van der Waals surface area contributed by atoms with E-state index in [2.05, 4.69) is 9.88 Å². The van der Waals surface area contributed by atoms with E-state index < -0.39 is 5.97 Å². The third-order valence-electron chi connectivity index (χ3n) is 4.07. The zero-order chi connectivity index (χ0) is 14.7. The molecule has 110 valence electrons.